The number of nitrogens with one attached hydrogen (secondary N) is 1. The van der Waals surface area contributed by atoms with Crippen LogP contribution in [0.25, 0.3) is 0 Å². The van der Waals surface area contributed by atoms with Gasteiger partial charge in [-0.3, -0.25) is 19.3 Å². The number of hydrogen-bond acceptors (Lipinski definition) is 6. The molecule has 0 saturated carbocycles. The second kappa shape index (κ2) is 17.1. The van der Waals surface area contributed by atoms with Crippen LogP contribution >= 0.6 is 0 Å². The Morgan fingerprint density at radius 3 is 2.17 bits per heavy atom. The number of rotatable bonds is 13. The highest BCUT2D eigenvalue weighted by atomic mass is 16.5. The van der Waals surface area contributed by atoms with Crippen LogP contribution in [0.2, 0.25) is 0 Å². The maximum atomic E-state index is 14.0. The van der Waals surface area contributed by atoms with Gasteiger partial charge in [0.05, 0.1) is 12.1 Å². The van der Waals surface area contributed by atoms with Gasteiger partial charge in [0, 0.05) is 25.2 Å². The molecule has 0 bridgehead atoms. The van der Waals surface area contributed by atoms with Gasteiger partial charge in [0.2, 0.25) is 17.7 Å². The van der Waals surface area contributed by atoms with Gasteiger partial charge in [-0.15, -0.1) is 0 Å². The van der Waals surface area contributed by atoms with Crippen LogP contribution in [0.1, 0.15) is 106 Å². The van der Waals surface area contributed by atoms with E-state index in [2.05, 4.69) is 24.1 Å². The smallest absolute Gasteiger partial charge is 0.329 e. The second-order valence-electron chi connectivity index (χ2n) is 14.0. The highest BCUT2D eigenvalue weighted by Crippen LogP contribution is 2.27. The van der Waals surface area contributed by atoms with E-state index < -0.39 is 12.1 Å². The van der Waals surface area contributed by atoms with E-state index in [0.29, 0.717) is 25.0 Å². The molecule has 9 heteroatoms. The predicted octanol–water partition coefficient (Wildman–Crippen LogP) is 5.50. The zero-order valence-corrected chi connectivity index (χ0v) is 29.6. The van der Waals surface area contributed by atoms with E-state index in [9.17, 15) is 19.2 Å². The molecule has 2 fully saturated rings. The summed E-state index contributed by atoms with van der Waals surface area (Å²) in [4.78, 5) is 60.1. The first-order valence-electron chi connectivity index (χ1n) is 17.4. The summed E-state index contributed by atoms with van der Waals surface area (Å²) in [7, 11) is 1.74. The fourth-order valence-electron chi connectivity index (χ4n) is 6.82. The molecule has 2 saturated heterocycles. The van der Waals surface area contributed by atoms with E-state index in [1.54, 1.807) is 23.8 Å². The molecule has 3 rings (SSSR count). The van der Waals surface area contributed by atoms with Crippen LogP contribution in [0.3, 0.4) is 0 Å². The first kappa shape index (κ1) is 37.3. The van der Waals surface area contributed by atoms with Gasteiger partial charge in [-0.25, -0.2) is 4.79 Å². The van der Waals surface area contributed by atoms with Crippen molar-refractivity contribution in [3.05, 3.63) is 47.5 Å². The molecule has 1 N–H and O–H groups in total. The number of ether oxygens (including phenoxy) is 1. The van der Waals surface area contributed by atoms with Crippen LogP contribution in [-0.2, 0) is 23.9 Å². The van der Waals surface area contributed by atoms with Crippen molar-refractivity contribution in [1.29, 1.82) is 0 Å². The minimum atomic E-state index is -0.687. The molecular weight excluding hydrogens is 580 g/mol. The summed E-state index contributed by atoms with van der Waals surface area (Å²) in [5, 5.41) is 3.10. The van der Waals surface area contributed by atoms with Gasteiger partial charge in [0.1, 0.15) is 18.2 Å². The molecule has 256 valence electrons. The molecule has 5 atom stereocenters. The largest absolute Gasteiger partial charge is 0.456 e. The monoisotopic (exact) mass is 638 g/mol. The number of amides is 3. The molecule has 0 aliphatic carbocycles. The van der Waals surface area contributed by atoms with Crippen molar-refractivity contribution in [2.75, 3.05) is 20.1 Å². The standard InChI is InChI=1S/C37H58N4O5/c1-10-32(28-17-12-11-13-18-28)46-37(45)30-20-16-22-41(30)35(43)27(8)23-31(24(2)3)39(9)36(44)33(25(4)5)38-34(42)29-19-14-15-21-40(29)26(6)7/h11-13,17-18,23-26,29-33H,10,14-16,19-22H2,1-9H3,(H,38,42)/b27-23+/t29-,30+,31?,32+,33+/m1/s1. The van der Waals surface area contributed by atoms with Gasteiger partial charge in [-0.2, -0.15) is 0 Å². The average Bonchev–Trinajstić information content (AvgIpc) is 3.54. The summed E-state index contributed by atoms with van der Waals surface area (Å²) in [5.41, 5.74) is 1.41. The van der Waals surface area contributed by atoms with Crippen LogP contribution in [0.5, 0.6) is 0 Å². The molecule has 46 heavy (non-hydrogen) atoms. The van der Waals surface area contributed by atoms with Gasteiger partial charge in [-0.05, 0) is 76.8 Å². The van der Waals surface area contributed by atoms with E-state index in [-0.39, 0.29) is 59.8 Å². The third-order valence-electron chi connectivity index (χ3n) is 9.56. The molecule has 1 aromatic carbocycles. The Morgan fingerprint density at radius 1 is 0.935 bits per heavy atom. The number of likely N-dealkylation sites (N-methyl/N-ethyl adjacent to an activating group) is 1. The summed E-state index contributed by atoms with van der Waals surface area (Å²) in [6, 6.07) is 7.96. The lowest BCUT2D eigenvalue weighted by molar-refractivity contribution is -0.157. The SMILES string of the molecule is CC[C@H](OC(=O)[C@@H]1CCCN1C(=O)/C(C)=C/C(C(C)C)N(C)C(=O)[C@@H](NC(=O)[C@H]1CCCCN1C(C)C)C(C)C)c1ccccc1. The zero-order chi connectivity index (χ0) is 34.1. The van der Waals surface area contributed by atoms with E-state index in [0.717, 1.165) is 37.8 Å². The summed E-state index contributed by atoms with van der Waals surface area (Å²) < 4.78 is 5.92. The molecule has 0 aromatic heterocycles. The molecule has 0 radical (unpaired) electrons. The molecule has 1 unspecified atom stereocenters. The Labute approximate surface area is 277 Å². The Kier molecular flexibility index (Phi) is 13.8. The maximum Gasteiger partial charge on any atom is 0.329 e. The number of piperidine rings is 1. The Hall–Kier alpha value is -3.20. The Morgan fingerprint density at radius 2 is 1.59 bits per heavy atom. The number of carbonyl (C=O) groups is 4. The van der Waals surface area contributed by atoms with Gasteiger partial charge < -0.3 is 19.9 Å². The van der Waals surface area contributed by atoms with Crippen molar-refractivity contribution in [1.82, 2.24) is 20.0 Å². The summed E-state index contributed by atoms with van der Waals surface area (Å²) in [6.45, 7) is 17.2. The van der Waals surface area contributed by atoms with Crippen molar-refractivity contribution in [3.8, 4) is 0 Å². The Balaban J connectivity index is 1.74. The number of benzene rings is 1. The lowest BCUT2D eigenvalue weighted by atomic mass is 9.95. The van der Waals surface area contributed by atoms with Crippen LogP contribution < -0.4 is 5.32 Å². The number of hydrogen-bond donors (Lipinski definition) is 1. The number of esters is 1. The molecular formula is C37H58N4O5. The van der Waals surface area contributed by atoms with Crippen LogP contribution in [0.15, 0.2) is 42.0 Å². The molecule has 2 aliphatic rings. The highest BCUT2D eigenvalue weighted by Gasteiger charge is 2.38. The average molecular weight is 639 g/mol. The van der Waals surface area contributed by atoms with Crippen molar-refractivity contribution in [3.63, 3.8) is 0 Å². The van der Waals surface area contributed by atoms with Crippen molar-refractivity contribution < 1.29 is 23.9 Å². The quantitative estimate of drug-likeness (QED) is 0.226. The van der Waals surface area contributed by atoms with E-state index in [1.165, 1.54) is 0 Å². The lowest BCUT2D eigenvalue weighted by Gasteiger charge is -2.39. The summed E-state index contributed by atoms with van der Waals surface area (Å²) >= 11 is 0. The zero-order valence-electron chi connectivity index (χ0n) is 29.6. The summed E-state index contributed by atoms with van der Waals surface area (Å²) in [6.07, 6.45) is 6.24. The first-order valence-corrected chi connectivity index (χ1v) is 17.4. The molecule has 0 spiro atoms. The Bertz CT molecular complexity index is 1210. The maximum absolute atomic E-state index is 14.0. The fraction of sp³-hybridized carbons (Fsp3) is 0.676. The number of carbonyl (C=O) groups excluding carboxylic acids is 4. The van der Waals surface area contributed by atoms with Gasteiger partial charge in [-0.1, -0.05) is 77.4 Å². The topological polar surface area (TPSA) is 99.3 Å². The fourth-order valence-corrected chi connectivity index (χ4v) is 6.82. The first-order chi connectivity index (χ1) is 21.8. The predicted molar refractivity (Wildman–Crippen MR) is 182 cm³/mol. The second-order valence-corrected chi connectivity index (χ2v) is 14.0. The van der Waals surface area contributed by atoms with Crippen molar-refractivity contribution in [2.24, 2.45) is 11.8 Å². The lowest BCUT2D eigenvalue weighted by Crippen LogP contribution is -2.58. The molecule has 2 heterocycles. The van der Waals surface area contributed by atoms with Crippen molar-refractivity contribution in [2.45, 2.75) is 130 Å². The number of nitrogens with zero attached hydrogens (tertiary/aromatic N) is 3. The van der Waals surface area contributed by atoms with E-state index >= 15 is 0 Å². The highest BCUT2D eigenvalue weighted by molar-refractivity contribution is 5.96. The van der Waals surface area contributed by atoms with Crippen molar-refractivity contribution >= 4 is 23.7 Å². The van der Waals surface area contributed by atoms with Crippen LogP contribution in [0.4, 0.5) is 0 Å². The summed E-state index contributed by atoms with van der Waals surface area (Å²) in [5.74, 6) is -0.995. The van der Waals surface area contributed by atoms with Crippen LogP contribution in [0, 0.1) is 11.8 Å². The molecule has 3 amide bonds. The number of likely N-dealkylation sites (tertiary alicyclic amines) is 2. The van der Waals surface area contributed by atoms with Crippen LogP contribution in [-0.4, -0.2) is 88.7 Å². The minimum Gasteiger partial charge on any atom is -0.456 e. The van der Waals surface area contributed by atoms with E-state index in [1.807, 2.05) is 71.0 Å². The van der Waals surface area contributed by atoms with Gasteiger partial charge in [0.25, 0.3) is 0 Å². The van der Waals surface area contributed by atoms with E-state index in [4.69, 9.17) is 4.74 Å². The minimum absolute atomic E-state index is 0.00511. The normalized spacial score (nSPS) is 21.3. The third kappa shape index (κ3) is 9.20. The third-order valence-corrected chi connectivity index (χ3v) is 9.56. The molecule has 1 aromatic rings. The van der Waals surface area contributed by atoms with Gasteiger partial charge in [0.15, 0.2) is 0 Å². The molecule has 2 aliphatic heterocycles. The van der Waals surface area contributed by atoms with Gasteiger partial charge >= 0.3 is 5.97 Å². The molecule has 9 nitrogen and oxygen atoms in total.